The maximum atomic E-state index is 12.6. The molecule has 0 fully saturated rings. The highest BCUT2D eigenvalue weighted by Crippen LogP contribution is 2.19. The molecular formula is C39H74O4. The molecule has 0 saturated heterocycles. The van der Waals surface area contributed by atoms with Crippen molar-refractivity contribution in [2.24, 2.45) is 0 Å². The molecule has 0 spiro atoms. The first kappa shape index (κ1) is 41.7. The standard InChI is InChI=1S/C39H74O4/c1-3-5-7-9-10-11-12-19-22-25-28-32-36-39(42)43-37(33-29-8-6-4-2)34-30-26-23-20-17-15-13-14-16-18-21-24-27-31-35-38(40)41/h9-10,37H,3-8,11-36H2,1-2H3,(H,40,41)/b10-9-. The highest BCUT2D eigenvalue weighted by Gasteiger charge is 2.14. The van der Waals surface area contributed by atoms with Gasteiger partial charge < -0.3 is 9.84 Å². The van der Waals surface area contributed by atoms with Gasteiger partial charge in [-0.1, -0.05) is 161 Å². The van der Waals surface area contributed by atoms with Gasteiger partial charge in [0.1, 0.15) is 6.10 Å². The van der Waals surface area contributed by atoms with E-state index in [1.807, 2.05) is 0 Å². The van der Waals surface area contributed by atoms with Crippen molar-refractivity contribution in [1.29, 1.82) is 0 Å². The third kappa shape index (κ3) is 35.0. The molecule has 0 aromatic rings. The van der Waals surface area contributed by atoms with Crippen LogP contribution < -0.4 is 0 Å². The van der Waals surface area contributed by atoms with Gasteiger partial charge in [0.05, 0.1) is 0 Å². The van der Waals surface area contributed by atoms with Crippen molar-refractivity contribution in [2.45, 2.75) is 225 Å². The molecule has 1 N–H and O–H groups in total. The number of carboxylic acids is 1. The van der Waals surface area contributed by atoms with Crippen LogP contribution in [-0.4, -0.2) is 23.1 Å². The SMILES string of the molecule is CCCC/C=C\CCCCCCCCC(=O)OC(CCCCCC)CCCCCCCCCCCCCCCCC(=O)O. The molecule has 254 valence electrons. The minimum atomic E-state index is -0.665. The van der Waals surface area contributed by atoms with Gasteiger partial charge in [-0.3, -0.25) is 9.59 Å². The second-order valence-corrected chi connectivity index (χ2v) is 13.1. The van der Waals surface area contributed by atoms with E-state index in [2.05, 4.69) is 26.0 Å². The van der Waals surface area contributed by atoms with Gasteiger partial charge in [-0.25, -0.2) is 0 Å². The summed E-state index contributed by atoms with van der Waals surface area (Å²) in [4.78, 5) is 23.1. The van der Waals surface area contributed by atoms with Crippen molar-refractivity contribution in [3.63, 3.8) is 0 Å². The molecule has 0 bridgehead atoms. The Bertz CT molecular complexity index is 614. The van der Waals surface area contributed by atoms with Gasteiger partial charge in [0.2, 0.25) is 0 Å². The lowest BCUT2D eigenvalue weighted by Crippen LogP contribution is -2.18. The van der Waals surface area contributed by atoms with E-state index >= 15 is 0 Å². The fourth-order valence-corrected chi connectivity index (χ4v) is 5.87. The molecular weight excluding hydrogens is 532 g/mol. The fraction of sp³-hybridized carbons (Fsp3) is 0.897. The zero-order valence-electron chi connectivity index (χ0n) is 29.0. The number of hydrogen-bond donors (Lipinski definition) is 1. The second-order valence-electron chi connectivity index (χ2n) is 13.1. The van der Waals surface area contributed by atoms with Gasteiger partial charge in [-0.05, 0) is 57.8 Å². The van der Waals surface area contributed by atoms with Crippen molar-refractivity contribution < 1.29 is 19.4 Å². The Morgan fingerprint density at radius 1 is 0.488 bits per heavy atom. The first-order valence-electron chi connectivity index (χ1n) is 19.2. The molecule has 0 radical (unpaired) electrons. The number of allylic oxidation sites excluding steroid dienone is 2. The Kier molecular flexibility index (Phi) is 34.1. The van der Waals surface area contributed by atoms with Crippen LogP contribution in [-0.2, 0) is 14.3 Å². The predicted molar refractivity (Wildman–Crippen MR) is 186 cm³/mol. The molecule has 1 unspecified atom stereocenters. The molecule has 0 amide bonds. The third-order valence-corrected chi connectivity index (χ3v) is 8.74. The first-order valence-corrected chi connectivity index (χ1v) is 19.2. The number of unbranched alkanes of at least 4 members (excludes halogenated alkanes) is 24. The van der Waals surface area contributed by atoms with Crippen LogP contribution in [0.1, 0.15) is 219 Å². The number of esters is 1. The lowest BCUT2D eigenvalue weighted by Gasteiger charge is -2.18. The molecule has 0 aliphatic rings. The van der Waals surface area contributed by atoms with E-state index in [9.17, 15) is 9.59 Å². The molecule has 4 heteroatoms. The normalized spacial score (nSPS) is 12.2. The van der Waals surface area contributed by atoms with Crippen molar-refractivity contribution in [2.75, 3.05) is 0 Å². The Hall–Kier alpha value is -1.32. The summed E-state index contributed by atoms with van der Waals surface area (Å²) in [6, 6.07) is 0. The number of carboxylic acid groups (broad SMARTS) is 1. The van der Waals surface area contributed by atoms with E-state index in [0.717, 1.165) is 38.5 Å². The second kappa shape index (κ2) is 35.2. The summed E-state index contributed by atoms with van der Waals surface area (Å²) in [5.41, 5.74) is 0. The summed E-state index contributed by atoms with van der Waals surface area (Å²) < 4.78 is 5.99. The largest absolute Gasteiger partial charge is 0.481 e. The van der Waals surface area contributed by atoms with Crippen LogP contribution in [0, 0.1) is 0 Å². The lowest BCUT2D eigenvalue weighted by molar-refractivity contribution is -0.150. The first-order chi connectivity index (χ1) is 21.1. The highest BCUT2D eigenvalue weighted by molar-refractivity contribution is 5.69. The summed E-state index contributed by atoms with van der Waals surface area (Å²) in [5.74, 6) is -0.627. The van der Waals surface area contributed by atoms with Crippen LogP contribution in [0.15, 0.2) is 12.2 Å². The van der Waals surface area contributed by atoms with E-state index in [0.29, 0.717) is 12.8 Å². The molecule has 4 nitrogen and oxygen atoms in total. The number of rotatable bonds is 35. The average Bonchev–Trinajstić information content (AvgIpc) is 2.99. The average molecular weight is 607 g/mol. The number of ether oxygens (including phenoxy) is 1. The van der Waals surface area contributed by atoms with Crippen LogP contribution in [0.3, 0.4) is 0 Å². The smallest absolute Gasteiger partial charge is 0.306 e. The summed E-state index contributed by atoms with van der Waals surface area (Å²) in [6.45, 7) is 4.49. The van der Waals surface area contributed by atoms with Crippen LogP contribution >= 0.6 is 0 Å². The number of hydrogen-bond acceptors (Lipinski definition) is 3. The zero-order chi connectivity index (χ0) is 31.5. The van der Waals surface area contributed by atoms with Crippen molar-refractivity contribution in [3.05, 3.63) is 12.2 Å². The Labute approximate surface area is 268 Å². The van der Waals surface area contributed by atoms with Crippen LogP contribution in [0.25, 0.3) is 0 Å². The quantitative estimate of drug-likeness (QED) is 0.0443. The summed E-state index contributed by atoms with van der Waals surface area (Å²) >= 11 is 0. The molecule has 0 saturated carbocycles. The van der Waals surface area contributed by atoms with Gasteiger partial charge >= 0.3 is 11.9 Å². The van der Waals surface area contributed by atoms with E-state index in [4.69, 9.17) is 9.84 Å². The molecule has 0 aliphatic carbocycles. The fourth-order valence-electron chi connectivity index (χ4n) is 5.87. The van der Waals surface area contributed by atoms with Crippen molar-refractivity contribution in [3.8, 4) is 0 Å². The Morgan fingerprint density at radius 3 is 1.33 bits per heavy atom. The third-order valence-electron chi connectivity index (χ3n) is 8.74. The van der Waals surface area contributed by atoms with Crippen LogP contribution in [0.4, 0.5) is 0 Å². The van der Waals surface area contributed by atoms with Gasteiger partial charge in [-0.2, -0.15) is 0 Å². The Morgan fingerprint density at radius 2 is 0.860 bits per heavy atom. The lowest BCUT2D eigenvalue weighted by atomic mass is 10.0. The maximum absolute atomic E-state index is 12.6. The molecule has 43 heavy (non-hydrogen) atoms. The topological polar surface area (TPSA) is 63.6 Å². The highest BCUT2D eigenvalue weighted by atomic mass is 16.5. The molecule has 0 aromatic heterocycles. The van der Waals surface area contributed by atoms with Crippen molar-refractivity contribution >= 4 is 11.9 Å². The molecule has 0 aliphatic heterocycles. The van der Waals surface area contributed by atoms with Gasteiger partial charge in [0.25, 0.3) is 0 Å². The molecule has 0 rings (SSSR count). The molecule has 1 atom stereocenters. The Balaban J connectivity index is 3.78. The number of carbonyl (C=O) groups is 2. The summed E-state index contributed by atoms with van der Waals surface area (Å²) in [5, 5.41) is 8.67. The molecule has 0 aromatic carbocycles. The van der Waals surface area contributed by atoms with E-state index < -0.39 is 5.97 Å². The number of aliphatic carboxylic acids is 1. The minimum Gasteiger partial charge on any atom is -0.481 e. The summed E-state index contributed by atoms with van der Waals surface area (Å²) in [7, 11) is 0. The zero-order valence-corrected chi connectivity index (χ0v) is 29.0. The van der Waals surface area contributed by atoms with Crippen LogP contribution in [0.2, 0.25) is 0 Å². The van der Waals surface area contributed by atoms with E-state index in [-0.39, 0.29) is 12.1 Å². The van der Waals surface area contributed by atoms with Gasteiger partial charge in [0.15, 0.2) is 0 Å². The minimum absolute atomic E-state index is 0.0379. The van der Waals surface area contributed by atoms with Crippen LogP contribution in [0.5, 0.6) is 0 Å². The van der Waals surface area contributed by atoms with E-state index in [1.165, 1.54) is 154 Å². The van der Waals surface area contributed by atoms with Crippen molar-refractivity contribution in [1.82, 2.24) is 0 Å². The molecule has 0 heterocycles. The van der Waals surface area contributed by atoms with E-state index in [1.54, 1.807) is 0 Å². The monoisotopic (exact) mass is 607 g/mol. The van der Waals surface area contributed by atoms with Gasteiger partial charge in [0, 0.05) is 12.8 Å². The number of carbonyl (C=O) groups excluding carboxylic acids is 1. The maximum Gasteiger partial charge on any atom is 0.306 e. The predicted octanol–water partition coefficient (Wildman–Crippen LogP) is 13.1. The van der Waals surface area contributed by atoms with Gasteiger partial charge in [-0.15, -0.1) is 0 Å². The summed E-state index contributed by atoms with van der Waals surface area (Å²) in [6.07, 6.45) is 42.6.